The van der Waals surface area contributed by atoms with E-state index in [4.69, 9.17) is 5.26 Å². The highest BCUT2D eigenvalue weighted by atomic mass is 32.2. The van der Waals surface area contributed by atoms with Crippen LogP contribution in [0.2, 0.25) is 0 Å². The van der Waals surface area contributed by atoms with E-state index in [0.29, 0.717) is 5.69 Å². The summed E-state index contributed by atoms with van der Waals surface area (Å²) in [5, 5.41) is 15.0. The Balaban J connectivity index is 2.09. The second-order valence-electron chi connectivity index (χ2n) is 3.89. The van der Waals surface area contributed by atoms with Crippen molar-refractivity contribution in [2.24, 2.45) is 0 Å². The number of nitriles is 1. The summed E-state index contributed by atoms with van der Waals surface area (Å²) in [6.07, 6.45) is 1.82. The molecule has 19 heavy (non-hydrogen) atoms. The smallest absolute Gasteiger partial charge is 0.240 e. The molecule has 0 bridgehead atoms. The summed E-state index contributed by atoms with van der Waals surface area (Å²) in [6.45, 7) is 0.155. The van der Waals surface area contributed by atoms with Crippen molar-refractivity contribution < 1.29 is 8.42 Å². The fourth-order valence-corrected chi connectivity index (χ4v) is 2.52. The number of benzene rings is 1. The monoisotopic (exact) mass is 276 g/mol. The molecular weight excluding hydrogens is 264 g/mol. The molecule has 1 aromatic carbocycles. The van der Waals surface area contributed by atoms with E-state index in [1.807, 2.05) is 6.07 Å². The van der Waals surface area contributed by atoms with Gasteiger partial charge in [0.1, 0.15) is 0 Å². The molecule has 0 amide bonds. The number of nitrogens with zero attached hydrogens (tertiary/aromatic N) is 2. The fraction of sp³-hybridized carbons (Fsp3) is 0.167. The van der Waals surface area contributed by atoms with Crippen LogP contribution < -0.4 is 4.72 Å². The van der Waals surface area contributed by atoms with Gasteiger partial charge in [-0.25, -0.2) is 13.1 Å². The van der Waals surface area contributed by atoms with Crippen LogP contribution in [-0.2, 0) is 23.0 Å². The highest BCUT2D eigenvalue weighted by Crippen LogP contribution is 2.11. The van der Waals surface area contributed by atoms with Gasteiger partial charge in [-0.3, -0.25) is 5.10 Å². The van der Waals surface area contributed by atoms with Crippen LogP contribution in [0.15, 0.2) is 41.4 Å². The van der Waals surface area contributed by atoms with Crippen molar-refractivity contribution in [3.63, 3.8) is 0 Å². The third-order valence-corrected chi connectivity index (χ3v) is 3.95. The molecule has 98 valence electrons. The van der Waals surface area contributed by atoms with Crippen LogP contribution in [-0.4, -0.2) is 18.6 Å². The van der Waals surface area contributed by atoms with Crippen molar-refractivity contribution in [3.8, 4) is 6.07 Å². The van der Waals surface area contributed by atoms with E-state index in [-0.39, 0.29) is 17.9 Å². The van der Waals surface area contributed by atoms with Crippen LogP contribution in [0.3, 0.4) is 0 Å². The molecule has 2 aromatic rings. The number of nitrogens with one attached hydrogen (secondary N) is 2. The van der Waals surface area contributed by atoms with Gasteiger partial charge in [-0.1, -0.05) is 12.1 Å². The van der Waals surface area contributed by atoms with Gasteiger partial charge in [0.05, 0.1) is 29.6 Å². The van der Waals surface area contributed by atoms with E-state index in [1.165, 1.54) is 12.1 Å². The predicted octanol–water partition coefficient (Wildman–Crippen LogP) is 0.954. The molecule has 0 saturated heterocycles. The molecule has 0 saturated carbocycles. The van der Waals surface area contributed by atoms with E-state index in [2.05, 4.69) is 14.9 Å². The first-order valence-corrected chi connectivity index (χ1v) is 7.04. The van der Waals surface area contributed by atoms with Gasteiger partial charge in [0.15, 0.2) is 0 Å². The average molecular weight is 276 g/mol. The highest BCUT2D eigenvalue weighted by Gasteiger charge is 2.13. The minimum atomic E-state index is -3.55. The highest BCUT2D eigenvalue weighted by molar-refractivity contribution is 7.89. The number of H-pyrrole nitrogens is 1. The molecule has 0 aliphatic rings. The maximum atomic E-state index is 12.0. The summed E-state index contributed by atoms with van der Waals surface area (Å²) >= 11 is 0. The topological polar surface area (TPSA) is 98.6 Å². The quantitative estimate of drug-likeness (QED) is 0.849. The Hall–Kier alpha value is -2.17. The lowest BCUT2D eigenvalue weighted by Gasteiger charge is -2.06. The van der Waals surface area contributed by atoms with E-state index in [9.17, 15) is 8.42 Å². The second kappa shape index (κ2) is 5.65. The molecule has 2 rings (SSSR count). The molecule has 7 heteroatoms. The maximum absolute atomic E-state index is 12.0. The summed E-state index contributed by atoms with van der Waals surface area (Å²) in [6, 6.07) is 9.94. The Morgan fingerprint density at radius 2 is 2.00 bits per heavy atom. The minimum absolute atomic E-state index is 0.155. The molecule has 0 aliphatic heterocycles. The Kier molecular flexibility index (Phi) is 3.94. The van der Waals surface area contributed by atoms with Gasteiger partial charge in [-0.15, -0.1) is 0 Å². The first-order chi connectivity index (χ1) is 9.12. The van der Waals surface area contributed by atoms with Crippen molar-refractivity contribution in [2.45, 2.75) is 17.9 Å². The van der Waals surface area contributed by atoms with Crippen molar-refractivity contribution >= 4 is 10.0 Å². The molecule has 2 N–H and O–H groups in total. The number of aromatic nitrogens is 2. The zero-order chi connectivity index (χ0) is 13.7. The zero-order valence-corrected chi connectivity index (χ0v) is 10.8. The molecule has 1 aromatic heterocycles. The Morgan fingerprint density at radius 1 is 1.26 bits per heavy atom. The molecule has 0 atom stereocenters. The minimum Gasteiger partial charge on any atom is -0.281 e. The number of rotatable bonds is 5. The number of sulfonamides is 1. The van der Waals surface area contributed by atoms with E-state index in [0.717, 1.165) is 5.56 Å². The van der Waals surface area contributed by atoms with Gasteiger partial charge in [0.2, 0.25) is 10.0 Å². The van der Waals surface area contributed by atoms with Crippen LogP contribution in [0, 0.1) is 11.3 Å². The SMILES string of the molecule is N#CCc1ccc(S(=O)(=O)NCc2ccn[nH]2)cc1. The maximum Gasteiger partial charge on any atom is 0.240 e. The number of aromatic amines is 1. The lowest BCUT2D eigenvalue weighted by atomic mass is 10.2. The Labute approximate surface area is 111 Å². The Bertz CT molecular complexity index is 670. The standard InChI is InChI=1S/C12H12N4O2S/c13-7-5-10-1-3-12(4-2-10)19(17,18)15-9-11-6-8-14-16-11/h1-4,6,8,15H,5,9H2,(H,14,16). The summed E-state index contributed by atoms with van der Waals surface area (Å²) in [5.74, 6) is 0. The van der Waals surface area contributed by atoms with E-state index in [1.54, 1.807) is 24.4 Å². The fourth-order valence-electron chi connectivity index (χ4n) is 1.52. The zero-order valence-electron chi connectivity index (χ0n) is 10.00. The first kappa shape index (κ1) is 13.3. The molecule has 0 spiro atoms. The normalized spacial score (nSPS) is 11.1. The van der Waals surface area contributed by atoms with Crippen LogP contribution >= 0.6 is 0 Å². The lowest BCUT2D eigenvalue weighted by molar-refractivity contribution is 0.580. The van der Waals surface area contributed by atoms with Gasteiger partial charge < -0.3 is 0 Å². The van der Waals surface area contributed by atoms with Crippen molar-refractivity contribution in [2.75, 3.05) is 0 Å². The number of hydrogen-bond acceptors (Lipinski definition) is 4. The van der Waals surface area contributed by atoms with Crippen LogP contribution in [0.25, 0.3) is 0 Å². The summed E-state index contributed by atoms with van der Waals surface area (Å²) in [4.78, 5) is 0.175. The molecule has 1 heterocycles. The van der Waals surface area contributed by atoms with Crippen molar-refractivity contribution in [1.29, 1.82) is 5.26 Å². The molecule has 6 nitrogen and oxygen atoms in total. The van der Waals surface area contributed by atoms with E-state index >= 15 is 0 Å². The van der Waals surface area contributed by atoms with E-state index < -0.39 is 10.0 Å². The van der Waals surface area contributed by atoms with Crippen LogP contribution in [0.5, 0.6) is 0 Å². The molecule has 0 aliphatic carbocycles. The third-order valence-electron chi connectivity index (χ3n) is 2.53. The largest absolute Gasteiger partial charge is 0.281 e. The Morgan fingerprint density at radius 3 is 2.58 bits per heavy atom. The van der Waals surface area contributed by atoms with Crippen LogP contribution in [0.4, 0.5) is 0 Å². The summed E-state index contributed by atoms with van der Waals surface area (Å²) in [5.41, 5.74) is 1.47. The van der Waals surface area contributed by atoms with Crippen LogP contribution in [0.1, 0.15) is 11.3 Å². The third kappa shape index (κ3) is 3.40. The van der Waals surface area contributed by atoms with Gasteiger partial charge in [-0.05, 0) is 23.8 Å². The number of hydrogen-bond donors (Lipinski definition) is 2. The predicted molar refractivity (Wildman–Crippen MR) is 68.4 cm³/mol. The molecule has 0 unspecified atom stereocenters. The summed E-state index contributed by atoms with van der Waals surface area (Å²) < 4.78 is 26.4. The van der Waals surface area contributed by atoms with Gasteiger partial charge >= 0.3 is 0 Å². The first-order valence-electron chi connectivity index (χ1n) is 5.55. The average Bonchev–Trinajstić information content (AvgIpc) is 2.91. The molecule has 0 fully saturated rings. The van der Waals surface area contributed by atoms with Crippen molar-refractivity contribution in [3.05, 3.63) is 47.8 Å². The molecule has 0 radical (unpaired) electrons. The molecular formula is C12H12N4O2S. The van der Waals surface area contributed by atoms with Gasteiger partial charge in [0, 0.05) is 6.20 Å². The second-order valence-corrected chi connectivity index (χ2v) is 5.65. The summed E-state index contributed by atoms with van der Waals surface area (Å²) in [7, 11) is -3.55. The van der Waals surface area contributed by atoms with Gasteiger partial charge in [-0.2, -0.15) is 10.4 Å². The van der Waals surface area contributed by atoms with Gasteiger partial charge in [0.25, 0.3) is 0 Å². The lowest BCUT2D eigenvalue weighted by Crippen LogP contribution is -2.23. The van der Waals surface area contributed by atoms with Crippen molar-refractivity contribution in [1.82, 2.24) is 14.9 Å².